The standard InChI is InChI=1S/C24H31N3O.C3H8.C3H6/c1-26(12-11-18-13-19-7-3-4-8-20(19)14-18)24(28)27(2)17-23-15-21-9-5-6-10-22(21)16-25-23;2*1-3-2/h3-10,18,23,25H,11-17H2,1-2H3;3H2,1-2H3;3H,1H2,2H3. The lowest BCUT2D eigenvalue weighted by molar-refractivity contribution is 0.165. The van der Waals surface area contributed by atoms with Crippen molar-refractivity contribution in [2.45, 2.75) is 65.5 Å². The summed E-state index contributed by atoms with van der Waals surface area (Å²) in [4.78, 5) is 16.6. The van der Waals surface area contributed by atoms with Crippen molar-refractivity contribution >= 4 is 6.03 Å². The Morgan fingerprint density at radius 2 is 1.41 bits per heavy atom. The average molecular weight is 464 g/mol. The predicted molar refractivity (Wildman–Crippen MR) is 145 cm³/mol. The number of likely N-dealkylation sites (N-methyl/N-ethyl adjacent to an activating group) is 1. The number of nitrogens with one attached hydrogen (secondary N) is 1. The largest absolute Gasteiger partial charge is 0.328 e. The van der Waals surface area contributed by atoms with Crippen LogP contribution in [0.5, 0.6) is 0 Å². The van der Waals surface area contributed by atoms with Gasteiger partial charge in [0.25, 0.3) is 0 Å². The van der Waals surface area contributed by atoms with Gasteiger partial charge < -0.3 is 15.1 Å². The summed E-state index contributed by atoms with van der Waals surface area (Å²) in [6.07, 6.45) is 7.36. The third-order valence-corrected chi connectivity index (χ3v) is 6.32. The highest BCUT2D eigenvalue weighted by molar-refractivity contribution is 5.73. The summed E-state index contributed by atoms with van der Waals surface area (Å²) in [5.41, 5.74) is 5.76. The Balaban J connectivity index is 0.000000618. The molecular formula is C30H45N3O. The van der Waals surface area contributed by atoms with E-state index in [0.717, 1.165) is 45.3 Å². The fraction of sp³-hybridized carbons (Fsp3) is 0.500. The molecule has 1 heterocycles. The molecule has 2 aromatic carbocycles. The first-order valence-electron chi connectivity index (χ1n) is 12.8. The first kappa shape index (κ1) is 27.7. The minimum Gasteiger partial charge on any atom is -0.328 e. The zero-order chi connectivity index (χ0) is 24.9. The summed E-state index contributed by atoms with van der Waals surface area (Å²) < 4.78 is 0. The zero-order valence-corrected chi connectivity index (χ0v) is 22.0. The Morgan fingerprint density at radius 1 is 0.941 bits per heavy atom. The summed E-state index contributed by atoms with van der Waals surface area (Å²) in [6, 6.07) is 17.8. The van der Waals surface area contributed by atoms with Gasteiger partial charge in [-0.1, -0.05) is 74.9 Å². The summed E-state index contributed by atoms with van der Waals surface area (Å²) >= 11 is 0. The molecule has 0 saturated heterocycles. The van der Waals surface area contributed by atoms with E-state index in [1.165, 1.54) is 28.7 Å². The monoisotopic (exact) mass is 463 g/mol. The number of carbonyl (C=O) groups is 1. The van der Waals surface area contributed by atoms with Gasteiger partial charge in [-0.3, -0.25) is 0 Å². The van der Waals surface area contributed by atoms with Crippen LogP contribution >= 0.6 is 0 Å². The molecule has 1 atom stereocenters. The van der Waals surface area contributed by atoms with Gasteiger partial charge in [-0.05, 0) is 60.8 Å². The molecule has 4 nitrogen and oxygen atoms in total. The van der Waals surface area contributed by atoms with E-state index in [1.54, 1.807) is 6.08 Å². The number of carbonyl (C=O) groups excluding carboxylic acids is 1. The third-order valence-electron chi connectivity index (χ3n) is 6.32. The Morgan fingerprint density at radius 3 is 1.94 bits per heavy atom. The maximum absolute atomic E-state index is 12.8. The highest BCUT2D eigenvalue weighted by Gasteiger charge is 2.24. The Kier molecular flexibility index (Phi) is 11.9. The molecule has 1 unspecified atom stereocenters. The van der Waals surface area contributed by atoms with E-state index in [1.807, 2.05) is 30.8 Å². The van der Waals surface area contributed by atoms with Crippen LogP contribution in [0.15, 0.2) is 61.2 Å². The molecule has 0 spiro atoms. The second-order valence-electron chi connectivity index (χ2n) is 9.58. The molecule has 0 fully saturated rings. The minimum absolute atomic E-state index is 0.121. The van der Waals surface area contributed by atoms with Gasteiger partial charge in [-0.25, -0.2) is 4.79 Å². The molecule has 0 saturated carbocycles. The molecule has 2 aromatic rings. The van der Waals surface area contributed by atoms with Crippen LogP contribution in [0.25, 0.3) is 0 Å². The molecule has 0 radical (unpaired) electrons. The van der Waals surface area contributed by atoms with Crippen LogP contribution in [0.2, 0.25) is 0 Å². The number of amides is 2. The molecule has 0 bridgehead atoms. The Labute approximate surface area is 208 Å². The van der Waals surface area contributed by atoms with Crippen molar-refractivity contribution in [1.82, 2.24) is 15.1 Å². The number of nitrogens with zero attached hydrogens (tertiary/aromatic N) is 2. The molecule has 1 aliphatic carbocycles. The van der Waals surface area contributed by atoms with Gasteiger partial charge in [-0.2, -0.15) is 0 Å². The Hall–Kier alpha value is -2.59. The second-order valence-corrected chi connectivity index (χ2v) is 9.58. The van der Waals surface area contributed by atoms with Crippen molar-refractivity contribution in [2.75, 3.05) is 27.2 Å². The first-order valence-corrected chi connectivity index (χ1v) is 12.8. The van der Waals surface area contributed by atoms with E-state index >= 15 is 0 Å². The molecule has 1 N–H and O–H groups in total. The van der Waals surface area contributed by atoms with Gasteiger partial charge in [0, 0.05) is 39.8 Å². The first-order chi connectivity index (χ1) is 16.4. The van der Waals surface area contributed by atoms with Crippen LogP contribution in [-0.2, 0) is 25.8 Å². The van der Waals surface area contributed by atoms with Crippen molar-refractivity contribution < 1.29 is 4.79 Å². The highest BCUT2D eigenvalue weighted by Crippen LogP contribution is 2.28. The molecule has 4 heteroatoms. The van der Waals surface area contributed by atoms with Gasteiger partial charge in [0.2, 0.25) is 0 Å². The lowest BCUT2D eigenvalue weighted by atomic mass is 9.96. The topological polar surface area (TPSA) is 35.6 Å². The van der Waals surface area contributed by atoms with Gasteiger partial charge in [-0.15, -0.1) is 6.58 Å². The summed E-state index contributed by atoms with van der Waals surface area (Å²) in [5.74, 6) is 0.662. The van der Waals surface area contributed by atoms with Crippen molar-refractivity contribution in [3.8, 4) is 0 Å². The molecule has 0 aromatic heterocycles. The maximum atomic E-state index is 12.8. The maximum Gasteiger partial charge on any atom is 0.319 e. The van der Waals surface area contributed by atoms with Gasteiger partial charge in [0.1, 0.15) is 0 Å². The highest BCUT2D eigenvalue weighted by atomic mass is 16.2. The van der Waals surface area contributed by atoms with Gasteiger partial charge in [0.05, 0.1) is 0 Å². The summed E-state index contributed by atoms with van der Waals surface area (Å²) in [5, 5.41) is 3.57. The van der Waals surface area contributed by atoms with Crippen molar-refractivity contribution in [3.63, 3.8) is 0 Å². The molecule has 186 valence electrons. The molecule has 2 amide bonds. The van der Waals surface area contributed by atoms with E-state index in [0.29, 0.717) is 12.0 Å². The van der Waals surface area contributed by atoms with E-state index in [-0.39, 0.29) is 6.03 Å². The second kappa shape index (κ2) is 14.6. The van der Waals surface area contributed by atoms with Crippen LogP contribution in [0, 0.1) is 5.92 Å². The number of hydrogen-bond donors (Lipinski definition) is 1. The van der Waals surface area contributed by atoms with E-state index in [2.05, 4.69) is 74.3 Å². The molecular weight excluding hydrogens is 418 g/mol. The average Bonchev–Trinajstić information content (AvgIpc) is 3.26. The van der Waals surface area contributed by atoms with E-state index in [4.69, 9.17) is 0 Å². The van der Waals surface area contributed by atoms with Crippen LogP contribution in [0.1, 0.15) is 55.9 Å². The van der Waals surface area contributed by atoms with Crippen LogP contribution in [-0.4, -0.2) is 49.1 Å². The normalized spacial score (nSPS) is 16.1. The van der Waals surface area contributed by atoms with Gasteiger partial charge >= 0.3 is 6.03 Å². The number of hydrogen-bond acceptors (Lipinski definition) is 2. The Bertz CT molecular complexity index is 869. The summed E-state index contributed by atoms with van der Waals surface area (Å²) in [6.45, 7) is 12.0. The van der Waals surface area contributed by atoms with Crippen molar-refractivity contribution in [2.24, 2.45) is 5.92 Å². The summed E-state index contributed by atoms with van der Waals surface area (Å²) in [7, 11) is 3.86. The third kappa shape index (κ3) is 8.32. The van der Waals surface area contributed by atoms with E-state index < -0.39 is 0 Å². The van der Waals surface area contributed by atoms with Gasteiger partial charge in [0.15, 0.2) is 0 Å². The van der Waals surface area contributed by atoms with Crippen molar-refractivity contribution in [1.29, 1.82) is 0 Å². The van der Waals surface area contributed by atoms with E-state index in [9.17, 15) is 4.79 Å². The smallest absolute Gasteiger partial charge is 0.319 e. The van der Waals surface area contributed by atoms with Crippen LogP contribution < -0.4 is 5.32 Å². The number of rotatable bonds is 5. The number of benzene rings is 2. The molecule has 4 rings (SSSR count). The number of fused-ring (bicyclic) bond motifs is 2. The number of urea groups is 1. The minimum atomic E-state index is 0.121. The number of allylic oxidation sites excluding steroid dienone is 1. The molecule has 34 heavy (non-hydrogen) atoms. The van der Waals surface area contributed by atoms with Crippen LogP contribution in [0.3, 0.4) is 0 Å². The molecule has 2 aliphatic rings. The lowest BCUT2D eigenvalue weighted by Crippen LogP contribution is -2.48. The zero-order valence-electron chi connectivity index (χ0n) is 22.0. The quantitative estimate of drug-likeness (QED) is 0.544. The molecule has 1 aliphatic heterocycles. The fourth-order valence-corrected chi connectivity index (χ4v) is 4.68. The van der Waals surface area contributed by atoms with Crippen molar-refractivity contribution in [3.05, 3.63) is 83.4 Å². The van der Waals surface area contributed by atoms with Crippen LogP contribution in [0.4, 0.5) is 4.79 Å². The predicted octanol–water partition coefficient (Wildman–Crippen LogP) is 6.10. The SMILES string of the molecule is C=CC.CCC.CN(CCC1Cc2ccccc2C1)C(=O)N(C)CC1Cc2ccccc2CN1. The fourth-order valence-electron chi connectivity index (χ4n) is 4.68. The lowest BCUT2D eigenvalue weighted by Gasteiger charge is -2.32.